The first-order valence-electron chi connectivity index (χ1n) is 6.14. The highest BCUT2D eigenvalue weighted by Gasteiger charge is 2.42. The Morgan fingerprint density at radius 1 is 1.60 bits per heavy atom. The molecule has 0 spiro atoms. The van der Waals surface area contributed by atoms with Gasteiger partial charge in [0.05, 0.1) is 16.6 Å². The van der Waals surface area contributed by atoms with Gasteiger partial charge in [0.15, 0.2) is 0 Å². The summed E-state index contributed by atoms with van der Waals surface area (Å²) < 4.78 is 27.0. The maximum Gasteiger partial charge on any atom is 0.129 e. The van der Waals surface area contributed by atoms with E-state index in [0.717, 1.165) is 12.1 Å². The Balaban J connectivity index is 2.24. The molecule has 1 aromatic rings. The van der Waals surface area contributed by atoms with Crippen LogP contribution in [0.1, 0.15) is 18.9 Å². The first-order valence-corrected chi connectivity index (χ1v) is 7.25. The van der Waals surface area contributed by atoms with E-state index in [9.17, 15) is 18.8 Å². The highest BCUT2D eigenvalue weighted by atomic mass is 32.2. The normalized spacial score (nSPS) is 26.1. The van der Waals surface area contributed by atoms with Gasteiger partial charge in [-0.05, 0) is 31.5 Å². The van der Waals surface area contributed by atoms with Crippen LogP contribution in [0.4, 0.5) is 4.39 Å². The third kappa shape index (κ3) is 2.74. The zero-order valence-electron chi connectivity index (χ0n) is 10.9. The van der Waals surface area contributed by atoms with Crippen LogP contribution in [-0.4, -0.2) is 43.5 Å². The van der Waals surface area contributed by atoms with Crippen LogP contribution in [0.5, 0.6) is 0 Å². The van der Waals surface area contributed by atoms with E-state index >= 15 is 0 Å². The molecule has 20 heavy (non-hydrogen) atoms. The van der Waals surface area contributed by atoms with Crippen LogP contribution >= 0.6 is 0 Å². The van der Waals surface area contributed by atoms with Gasteiger partial charge in [0.2, 0.25) is 0 Å². The molecule has 1 aliphatic rings. The molecule has 0 saturated carbocycles. The molecule has 1 fully saturated rings. The van der Waals surface area contributed by atoms with Crippen LogP contribution in [0.15, 0.2) is 23.1 Å². The summed E-state index contributed by atoms with van der Waals surface area (Å²) in [5.74, 6) is -0.566. The second-order valence-electron chi connectivity index (χ2n) is 4.89. The van der Waals surface area contributed by atoms with Crippen molar-refractivity contribution in [2.24, 2.45) is 0 Å². The zero-order valence-corrected chi connectivity index (χ0v) is 11.7. The summed E-state index contributed by atoms with van der Waals surface area (Å²) in [6.07, 6.45) is -0.646. The van der Waals surface area contributed by atoms with Crippen LogP contribution in [0.2, 0.25) is 0 Å². The molecular weight excluding hydrogens is 283 g/mol. The number of aliphatic hydroxyl groups excluding tert-OH is 1. The Morgan fingerprint density at radius 3 is 2.85 bits per heavy atom. The summed E-state index contributed by atoms with van der Waals surface area (Å²) in [6.45, 7) is 1.85. The highest BCUT2D eigenvalue weighted by molar-refractivity contribution is 7.82. The second-order valence-corrected chi connectivity index (χ2v) is 6.35. The summed E-state index contributed by atoms with van der Waals surface area (Å²) in [5.41, 5.74) is -1.29. The number of rotatable bonds is 3. The molecule has 108 valence electrons. The van der Waals surface area contributed by atoms with Crippen molar-refractivity contribution >= 4 is 11.0 Å². The molecule has 3 unspecified atom stereocenters. The quantitative estimate of drug-likeness (QED) is 0.853. The van der Waals surface area contributed by atoms with Crippen molar-refractivity contribution in [1.82, 2.24) is 4.31 Å². The number of β-amino-alcohol motifs (C(OH)–C–C–N with tert-alkyl or cyclic N) is 1. The van der Waals surface area contributed by atoms with Gasteiger partial charge in [0, 0.05) is 13.1 Å². The van der Waals surface area contributed by atoms with Gasteiger partial charge in [0.1, 0.15) is 28.5 Å². The maximum atomic E-state index is 13.1. The van der Waals surface area contributed by atoms with Crippen molar-refractivity contribution in [3.05, 3.63) is 29.6 Å². The molecule has 1 aliphatic heterocycles. The van der Waals surface area contributed by atoms with Gasteiger partial charge in [-0.1, -0.05) is 0 Å². The average Bonchev–Trinajstić information content (AvgIpc) is 2.82. The predicted octanol–water partition coefficient (Wildman–Crippen LogP) is 0.538. The lowest BCUT2D eigenvalue weighted by Gasteiger charge is -2.25. The number of halogens is 1. The topological polar surface area (TPSA) is 84.6 Å². The average molecular weight is 298 g/mol. The molecule has 7 heteroatoms. The molecule has 1 heterocycles. The van der Waals surface area contributed by atoms with Crippen LogP contribution < -0.4 is 0 Å². The van der Waals surface area contributed by atoms with Crippen molar-refractivity contribution in [3.63, 3.8) is 0 Å². The van der Waals surface area contributed by atoms with Crippen molar-refractivity contribution in [2.45, 2.75) is 29.9 Å². The van der Waals surface area contributed by atoms with Gasteiger partial charge in [-0.2, -0.15) is 5.26 Å². The number of benzene rings is 1. The lowest BCUT2D eigenvalue weighted by atomic mass is 9.97. The van der Waals surface area contributed by atoms with E-state index in [-0.39, 0.29) is 17.0 Å². The van der Waals surface area contributed by atoms with Crippen molar-refractivity contribution < 1.29 is 18.8 Å². The van der Waals surface area contributed by atoms with E-state index in [1.807, 2.05) is 6.07 Å². The third-order valence-electron chi connectivity index (χ3n) is 3.51. The van der Waals surface area contributed by atoms with E-state index in [1.165, 1.54) is 17.3 Å². The van der Waals surface area contributed by atoms with E-state index in [1.54, 1.807) is 0 Å². The molecular formula is C13H15FN2O3S. The predicted molar refractivity (Wildman–Crippen MR) is 70.3 cm³/mol. The molecule has 5 nitrogen and oxygen atoms in total. The van der Waals surface area contributed by atoms with E-state index in [4.69, 9.17) is 5.26 Å². The summed E-state index contributed by atoms with van der Waals surface area (Å²) >= 11 is 0. The second kappa shape index (κ2) is 5.58. The fourth-order valence-electron chi connectivity index (χ4n) is 2.15. The smallest absolute Gasteiger partial charge is 0.129 e. The summed E-state index contributed by atoms with van der Waals surface area (Å²) in [6, 6.07) is 5.30. The molecule has 2 rings (SSSR count). The van der Waals surface area contributed by atoms with Gasteiger partial charge in [-0.3, -0.25) is 0 Å². The SMILES string of the molecule is CC(O)C1(O)CCN(S(=O)c2ccc(F)cc2C#N)C1. The van der Waals surface area contributed by atoms with Crippen LogP contribution in [0.3, 0.4) is 0 Å². The molecule has 2 N–H and O–H groups in total. The fraction of sp³-hybridized carbons (Fsp3) is 0.462. The van der Waals surface area contributed by atoms with Gasteiger partial charge in [-0.15, -0.1) is 0 Å². The number of aliphatic hydroxyl groups is 2. The van der Waals surface area contributed by atoms with Gasteiger partial charge in [-0.25, -0.2) is 12.9 Å². The molecule has 0 radical (unpaired) electrons. The van der Waals surface area contributed by atoms with Gasteiger partial charge in [0.25, 0.3) is 0 Å². The largest absolute Gasteiger partial charge is 0.390 e. The molecule has 1 aromatic carbocycles. The van der Waals surface area contributed by atoms with Gasteiger partial charge < -0.3 is 10.2 Å². The highest BCUT2D eigenvalue weighted by Crippen LogP contribution is 2.28. The van der Waals surface area contributed by atoms with Crippen molar-refractivity contribution in [2.75, 3.05) is 13.1 Å². The first kappa shape index (κ1) is 15.1. The van der Waals surface area contributed by atoms with Crippen molar-refractivity contribution in [1.29, 1.82) is 5.26 Å². The van der Waals surface area contributed by atoms with Crippen LogP contribution in [0.25, 0.3) is 0 Å². The molecule has 0 aliphatic carbocycles. The Morgan fingerprint density at radius 2 is 2.30 bits per heavy atom. The standard InChI is InChI=1S/C13H15FN2O3S/c1-9(17)13(18)4-5-16(8-13)20(19)12-3-2-11(14)6-10(12)7-15/h2-3,6,9,17-18H,4-5,8H2,1H3. The molecule has 0 bridgehead atoms. The molecule has 1 saturated heterocycles. The van der Waals surface area contributed by atoms with Crippen LogP contribution in [-0.2, 0) is 11.0 Å². The maximum absolute atomic E-state index is 13.1. The minimum Gasteiger partial charge on any atom is -0.390 e. The van der Waals surface area contributed by atoms with E-state index < -0.39 is 28.5 Å². The Labute approximate surface area is 118 Å². The summed E-state index contributed by atoms with van der Waals surface area (Å²) in [7, 11) is -1.67. The minimum absolute atomic E-state index is 0.0100. The number of nitrogens with zero attached hydrogens (tertiary/aromatic N) is 2. The van der Waals surface area contributed by atoms with Gasteiger partial charge >= 0.3 is 0 Å². The van der Waals surface area contributed by atoms with Crippen molar-refractivity contribution in [3.8, 4) is 6.07 Å². The number of hydrogen-bond acceptors (Lipinski definition) is 4. The molecule has 0 amide bonds. The number of nitriles is 1. The lowest BCUT2D eigenvalue weighted by Crippen LogP contribution is -2.43. The third-order valence-corrected chi connectivity index (χ3v) is 5.02. The fourth-order valence-corrected chi connectivity index (χ4v) is 3.50. The Kier molecular flexibility index (Phi) is 4.20. The Hall–Kier alpha value is -1.33. The van der Waals surface area contributed by atoms with E-state index in [2.05, 4.69) is 0 Å². The molecule has 0 aromatic heterocycles. The Bertz CT molecular complexity index is 587. The number of hydrogen-bond donors (Lipinski definition) is 2. The zero-order chi connectivity index (χ0) is 14.9. The molecule has 3 atom stereocenters. The monoisotopic (exact) mass is 298 g/mol. The lowest BCUT2D eigenvalue weighted by molar-refractivity contribution is -0.0534. The first-order chi connectivity index (χ1) is 9.37. The summed E-state index contributed by atoms with van der Waals surface area (Å²) in [5, 5.41) is 28.7. The van der Waals surface area contributed by atoms with E-state index in [0.29, 0.717) is 13.0 Å². The minimum atomic E-state index is -1.67. The van der Waals surface area contributed by atoms with Crippen LogP contribution in [0, 0.1) is 17.1 Å². The summed E-state index contributed by atoms with van der Waals surface area (Å²) in [4.78, 5) is 0.212.